The van der Waals surface area contributed by atoms with Crippen LogP contribution < -0.4 is 5.32 Å². The van der Waals surface area contributed by atoms with Gasteiger partial charge in [0.1, 0.15) is 5.82 Å². The Morgan fingerprint density at radius 1 is 1.08 bits per heavy atom. The Bertz CT molecular complexity index is 614. The van der Waals surface area contributed by atoms with Crippen LogP contribution in [0.1, 0.15) is 58.4 Å². The van der Waals surface area contributed by atoms with Crippen LogP contribution >= 0.6 is 0 Å². The summed E-state index contributed by atoms with van der Waals surface area (Å²) in [6.45, 7) is 3.39. The molecule has 2 bridgehead atoms. The zero-order valence-corrected chi connectivity index (χ0v) is 14.6. The number of likely N-dealkylation sites (tertiary alicyclic amines) is 1. The van der Waals surface area contributed by atoms with Gasteiger partial charge < -0.3 is 10.2 Å². The lowest BCUT2D eigenvalue weighted by atomic mass is 9.69. The zero-order chi connectivity index (χ0) is 16.1. The lowest BCUT2D eigenvalue weighted by Gasteiger charge is -2.48. The van der Waals surface area contributed by atoms with E-state index in [1.54, 1.807) is 12.1 Å². The van der Waals surface area contributed by atoms with E-state index in [0.717, 1.165) is 30.1 Å². The Morgan fingerprint density at radius 3 is 2.58 bits per heavy atom. The molecule has 1 N–H and O–H groups in total. The number of fused-ring (bicyclic) bond motifs is 4. The summed E-state index contributed by atoms with van der Waals surface area (Å²) in [6, 6.07) is 6.12. The number of rotatable bonds is 1. The topological polar surface area (TPSA) is 15.3 Å². The van der Waals surface area contributed by atoms with E-state index >= 15 is 0 Å². The summed E-state index contributed by atoms with van der Waals surface area (Å²) in [7, 11) is 0. The molecule has 24 heavy (non-hydrogen) atoms. The Kier molecular flexibility index (Phi) is 3.62. The summed E-state index contributed by atoms with van der Waals surface area (Å²) in [6.07, 6.45) is 11.2. The molecule has 3 heteroatoms. The van der Waals surface area contributed by atoms with E-state index in [1.165, 1.54) is 70.0 Å². The summed E-state index contributed by atoms with van der Waals surface area (Å²) >= 11 is 0. The molecule has 132 valence electrons. The molecule has 1 aromatic carbocycles. The predicted octanol–water partition coefficient (Wildman–Crippen LogP) is 4.80. The quantitative estimate of drug-likeness (QED) is 0.796. The molecule has 2 aliphatic carbocycles. The van der Waals surface area contributed by atoms with Gasteiger partial charge in [-0.25, -0.2) is 4.39 Å². The zero-order valence-electron chi connectivity index (χ0n) is 14.6. The third-order valence-electron chi connectivity index (χ3n) is 7.54. The number of hydrogen-bond acceptors (Lipinski definition) is 2. The van der Waals surface area contributed by atoms with E-state index in [-0.39, 0.29) is 12.7 Å². The first kappa shape index (κ1) is 15.2. The summed E-state index contributed by atoms with van der Waals surface area (Å²) in [4.78, 5) is 2.78. The van der Waals surface area contributed by atoms with Gasteiger partial charge in [0.15, 0.2) is 0 Å². The number of halogens is 1. The van der Waals surface area contributed by atoms with Crippen molar-refractivity contribution in [1.29, 1.82) is 0 Å². The van der Waals surface area contributed by atoms with Gasteiger partial charge in [0.05, 0.1) is 0 Å². The lowest BCUT2D eigenvalue weighted by Crippen LogP contribution is -2.50. The van der Waals surface area contributed by atoms with Crippen molar-refractivity contribution in [3.8, 4) is 0 Å². The summed E-state index contributed by atoms with van der Waals surface area (Å²) < 4.78 is 13.8. The van der Waals surface area contributed by atoms with Crippen molar-refractivity contribution in [2.75, 3.05) is 25.0 Å². The summed E-state index contributed by atoms with van der Waals surface area (Å²) in [5, 5.41) is 3.53. The Labute approximate surface area is 146 Å². The second kappa shape index (κ2) is 5.72. The first-order valence-electron chi connectivity index (χ1n) is 10.00. The molecule has 1 aromatic rings. The first-order valence-corrected chi connectivity index (χ1v) is 10.00. The average Bonchev–Trinajstić information content (AvgIpc) is 2.93. The van der Waals surface area contributed by atoms with Crippen molar-refractivity contribution >= 4 is 5.69 Å². The van der Waals surface area contributed by atoms with Crippen LogP contribution in [0.25, 0.3) is 0 Å². The van der Waals surface area contributed by atoms with Gasteiger partial charge in [0.25, 0.3) is 0 Å². The molecular weight excluding hydrogens is 299 g/mol. The molecular formula is C21H31FN2. The van der Waals surface area contributed by atoms with E-state index < -0.39 is 0 Å². The minimum absolute atomic E-state index is 0. The molecule has 2 unspecified atom stereocenters. The smallest absolute Gasteiger partial charge is 0.123 e. The van der Waals surface area contributed by atoms with E-state index in [0.29, 0.717) is 0 Å². The maximum Gasteiger partial charge on any atom is 0.123 e. The van der Waals surface area contributed by atoms with Crippen LogP contribution in [0.3, 0.4) is 0 Å². The summed E-state index contributed by atoms with van der Waals surface area (Å²) in [5.74, 6) is 1.92. The molecule has 0 aromatic heterocycles. The molecule has 1 spiro atoms. The molecule has 1 saturated heterocycles. The van der Waals surface area contributed by atoms with Crippen LogP contribution in [0.2, 0.25) is 0 Å². The highest BCUT2D eigenvalue weighted by atomic mass is 19.1. The average molecular weight is 330 g/mol. The number of piperidine rings is 1. The number of benzene rings is 1. The highest BCUT2D eigenvalue weighted by Gasteiger charge is 2.44. The first-order chi connectivity index (χ1) is 11.7. The molecule has 5 rings (SSSR count). The second-order valence-corrected chi connectivity index (χ2v) is 8.88. The molecule has 2 nitrogen and oxygen atoms in total. The van der Waals surface area contributed by atoms with Crippen LogP contribution in [0.5, 0.6) is 0 Å². The van der Waals surface area contributed by atoms with Crippen LogP contribution in [0.4, 0.5) is 10.1 Å². The van der Waals surface area contributed by atoms with Crippen molar-refractivity contribution in [3.63, 3.8) is 0 Å². The van der Waals surface area contributed by atoms with Crippen LogP contribution in [0, 0.1) is 17.7 Å². The molecule has 2 atom stereocenters. The SMILES string of the molecule is Fc1ccc2c(c1)C1(CCN(C3CC4CCCC(C4)C3)CC1)CN2.[HH]. The van der Waals surface area contributed by atoms with Gasteiger partial charge in [0.2, 0.25) is 0 Å². The fourth-order valence-electron chi connectivity index (χ4n) is 6.23. The van der Waals surface area contributed by atoms with Crippen LogP contribution in [-0.4, -0.2) is 30.6 Å². The van der Waals surface area contributed by atoms with E-state index in [4.69, 9.17) is 0 Å². The summed E-state index contributed by atoms with van der Waals surface area (Å²) in [5.41, 5.74) is 2.58. The number of nitrogens with zero attached hydrogens (tertiary/aromatic N) is 1. The van der Waals surface area contributed by atoms with Gasteiger partial charge in [-0.2, -0.15) is 0 Å². The number of anilines is 1. The third-order valence-corrected chi connectivity index (χ3v) is 7.54. The Balaban J connectivity index is 0.00000157. The number of hydrogen-bond donors (Lipinski definition) is 1. The van der Waals surface area contributed by atoms with Gasteiger partial charge in [-0.15, -0.1) is 0 Å². The van der Waals surface area contributed by atoms with E-state index in [9.17, 15) is 4.39 Å². The van der Waals surface area contributed by atoms with Gasteiger partial charge in [-0.05, 0) is 80.8 Å². The molecule has 2 saturated carbocycles. The standard InChI is InChI=1S/C21H29FN2.H2/c22-17-4-5-20-19(13-17)21(14-23-20)6-8-24(9-7-21)18-11-15-2-1-3-16(10-15)12-18;/h4-5,13,15-16,18,23H,1-3,6-12,14H2;1H. The monoisotopic (exact) mass is 330 g/mol. The third kappa shape index (κ3) is 2.47. The maximum absolute atomic E-state index is 13.8. The minimum atomic E-state index is -0.0839. The van der Waals surface area contributed by atoms with Gasteiger partial charge in [-0.3, -0.25) is 0 Å². The normalized spacial score (nSPS) is 34.8. The second-order valence-electron chi connectivity index (χ2n) is 8.88. The maximum atomic E-state index is 13.8. The van der Waals surface area contributed by atoms with Crippen LogP contribution in [0.15, 0.2) is 18.2 Å². The van der Waals surface area contributed by atoms with Crippen molar-refractivity contribution in [2.24, 2.45) is 11.8 Å². The predicted molar refractivity (Wildman–Crippen MR) is 98.0 cm³/mol. The van der Waals surface area contributed by atoms with Gasteiger partial charge >= 0.3 is 0 Å². The fraction of sp³-hybridized carbons (Fsp3) is 0.714. The molecule has 2 heterocycles. The molecule has 2 aliphatic heterocycles. The van der Waals surface area contributed by atoms with Gasteiger partial charge in [0, 0.05) is 25.1 Å². The van der Waals surface area contributed by atoms with Crippen LogP contribution in [-0.2, 0) is 5.41 Å². The van der Waals surface area contributed by atoms with Crippen molar-refractivity contribution in [1.82, 2.24) is 4.90 Å². The number of nitrogens with one attached hydrogen (secondary N) is 1. The highest BCUT2D eigenvalue weighted by Crippen LogP contribution is 2.46. The largest absolute Gasteiger partial charge is 0.384 e. The Morgan fingerprint density at radius 2 is 1.83 bits per heavy atom. The lowest BCUT2D eigenvalue weighted by molar-refractivity contribution is 0.0453. The van der Waals surface area contributed by atoms with Gasteiger partial charge in [-0.1, -0.05) is 19.3 Å². The molecule has 4 aliphatic rings. The van der Waals surface area contributed by atoms with Crippen molar-refractivity contribution in [2.45, 2.75) is 62.8 Å². The molecule has 3 fully saturated rings. The highest BCUT2D eigenvalue weighted by molar-refractivity contribution is 5.60. The minimum Gasteiger partial charge on any atom is -0.384 e. The van der Waals surface area contributed by atoms with Crippen molar-refractivity contribution in [3.05, 3.63) is 29.6 Å². The fourth-order valence-corrected chi connectivity index (χ4v) is 6.23. The Hall–Kier alpha value is -1.09. The van der Waals surface area contributed by atoms with E-state index in [2.05, 4.69) is 10.2 Å². The van der Waals surface area contributed by atoms with E-state index in [1.807, 2.05) is 6.07 Å². The molecule has 0 radical (unpaired) electrons. The molecule has 0 amide bonds. The van der Waals surface area contributed by atoms with Crippen molar-refractivity contribution < 1.29 is 5.82 Å².